The van der Waals surface area contributed by atoms with Crippen molar-refractivity contribution < 1.29 is 4.79 Å². The van der Waals surface area contributed by atoms with Gasteiger partial charge in [0.2, 0.25) is 0 Å². The highest BCUT2D eigenvalue weighted by Crippen LogP contribution is 2.13. The van der Waals surface area contributed by atoms with E-state index < -0.39 is 0 Å². The number of aromatic nitrogens is 1. The molecule has 0 aliphatic rings. The third-order valence-corrected chi connectivity index (χ3v) is 3.56. The van der Waals surface area contributed by atoms with Gasteiger partial charge in [-0.1, -0.05) is 18.2 Å². The second kappa shape index (κ2) is 6.88. The Hall–Kier alpha value is -2.36. The van der Waals surface area contributed by atoms with Gasteiger partial charge in [0.05, 0.1) is 5.56 Å². The van der Waals surface area contributed by atoms with E-state index in [2.05, 4.69) is 34.3 Å². The molecule has 2 aromatic rings. The van der Waals surface area contributed by atoms with Crippen LogP contribution in [0.1, 0.15) is 23.0 Å². The Labute approximate surface area is 125 Å². The van der Waals surface area contributed by atoms with Gasteiger partial charge in [-0.3, -0.25) is 9.78 Å². The number of pyridine rings is 1. The molecule has 1 N–H and O–H groups in total. The largest absolute Gasteiger partial charge is 0.370 e. The van der Waals surface area contributed by atoms with Crippen molar-refractivity contribution in [3.8, 4) is 0 Å². The van der Waals surface area contributed by atoms with Gasteiger partial charge in [-0.05, 0) is 38.1 Å². The zero-order valence-electron chi connectivity index (χ0n) is 12.7. The zero-order chi connectivity index (χ0) is 15.2. The first-order valence-corrected chi connectivity index (χ1v) is 7.06. The smallest absolute Gasteiger partial charge is 0.252 e. The number of nitrogens with one attached hydrogen (secondary N) is 1. The highest BCUT2D eigenvalue weighted by Gasteiger charge is 2.12. The summed E-state index contributed by atoms with van der Waals surface area (Å²) in [6.45, 7) is 4.57. The van der Waals surface area contributed by atoms with Crippen LogP contribution < -0.4 is 10.2 Å². The Bertz CT molecular complexity index is 581. The molecule has 0 unspecified atom stereocenters. The number of carbonyl (C=O) groups excluding carboxylic acids is 1. The summed E-state index contributed by atoms with van der Waals surface area (Å²) in [6.07, 6.45) is 1.61. The van der Waals surface area contributed by atoms with Crippen molar-refractivity contribution in [3.05, 3.63) is 59.9 Å². The molecule has 0 radical (unpaired) electrons. The van der Waals surface area contributed by atoms with Gasteiger partial charge in [-0.2, -0.15) is 0 Å². The van der Waals surface area contributed by atoms with Crippen LogP contribution in [-0.2, 0) is 0 Å². The summed E-state index contributed by atoms with van der Waals surface area (Å²) in [5, 5.41) is 2.95. The van der Waals surface area contributed by atoms with Crippen LogP contribution in [0.5, 0.6) is 0 Å². The van der Waals surface area contributed by atoms with Gasteiger partial charge in [-0.15, -0.1) is 0 Å². The average molecular weight is 283 g/mol. The highest BCUT2D eigenvalue weighted by atomic mass is 16.1. The number of benzene rings is 1. The number of hydrogen-bond acceptors (Lipinski definition) is 3. The Morgan fingerprint density at radius 3 is 2.57 bits per heavy atom. The maximum absolute atomic E-state index is 12.0. The fourth-order valence-electron chi connectivity index (χ4n) is 2.00. The number of nitrogens with zero attached hydrogens (tertiary/aromatic N) is 2. The third-order valence-electron chi connectivity index (χ3n) is 3.56. The molecular formula is C17H21N3O. The summed E-state index contributed by atoms with van der Waals surface area (Å²) in [5.74, 6) is -0.0872. The summed E-state index contributed by atoms with van der Waals surface area (Å²) >= 11 is 0. The van der Waals surface area contributed by atoms with E-state index in [0.29, 0.717) is 12.1 Å². The minimum absolute atomic E-state index is 0.0872. The number of likely N-dealkylation sites (N-methyl/N-ethyl adjacent to an activating group) is 1. The number of aryl methyl sites for hydroxylation is 1. The molecule has 110 valence electrons. The second-order valence-corrected chi connectivity index (χ2v) is 5.19. The van der Waals surface area contributed by atoms with Gasteiger partial charge in [0, 0.05) is 37.2 Å². The van der Waals surface area contributed by atoms with Gasteiger partial charge in [0.25, 0.3) is 5.91 Å². The molecule has 1 aromatic heterocycles. The van der Waals surface area contributed by atoms with Crippen LogP contribution in [0.25, 0.3) is 0 Å². The molecule has 0 saturated carbocycles. The van der Waals surface area contributed by atoms with Crippen molar-refractivity contribution >= 4 is 11.6 Å². The molecule has 0 aliphatic carbocycles. The van der Waals surface area contributed by atoms with Gasteiger partial charge in [0.1, 0.15) is 0 Å². The first kappa shape index (κ1) is 15.0. The number of carbonyl (C=O) groups is 1. The summed E-state index contributed by atoms with van der Waals surface area (Å²) in [4.78, 5) is 18.3. The van der Waals surface area contributed by atoms with E-state index >= 15 is 0 Å². The first-order valence-electron chi connectivity index (χ1n) is 7.06. The molecule has 1 aromatic carbocycles. The Morgan fingerprint density at radius 1 is 1.24 bits per heavy atom. The molecule has 1 amide bonds. The van der Waals surface area contributed by atoms with E-state index in [9.17, 15) is 4.79 Å². The molecule has 0 fully saturated rings. The van der Waals surface area contributed by atoms with Gasteiger partial charge >= 0.3 is 0 Å². The quantitative estimate of drug-likeness (QED) is 0.917. The van der Waals surface area contributed by atoms with Crippen LogP contribution in [0.2, 0.25) is 0 Å². The fourth-order valence-corrected chi connectivity index (χ4v) is 2.00. The van der Waals surface area contributed by atoms with E-state index in [0.717, 1.165) is 11.4 Å². The van der Waals surface area contributed by atoms with E-state index in [1.807, 2.05) is 38.2 Å². The second-order valence-electron chi connectivity index (χ2n) is 5.19. The molecule has 1 atom stereocenters. The van der Waals surface area contributed by atoms with Crippen LogP contribution >= 0.6 is 0 Å². The summed E-state index contributed by atoms with van der Waals surface area (Å²) in [5.41, 5.74) is 2.63. The predicted molar refractivity (Wildman–Crippen MR) is 85.6 cm³/mol. The molecule has 0 spiro atoms. The lowest BCUT2D eigenvalue weighted by atomic mass is 10.2. The van der Waals surface area contributed by atoms with E-state index in [1.165, 1.54) is 0 Å². The number of hydrogen-bond donors (Lipinski definition) is 1. The predicted octanol–water partition coefficient (Wildman–Crippen LogP) is 2.64. The van der Waals surface area contributed by atoms with Crippen molar-refractivity contribution in [3.63, 3.8) is 0 Å². The summed E-state index contributed by atoms with van der Waals surface area (Å²) < 4.78 is 0. The molecule has 0 bridgehead atoms. The van der Waals surface area contributed by atoms with Crippen LogP contribution in [0, 0.1) is 6.92 Å². The van der Waals surface area contributed by atoms with Gasteiger partial charge < -0.3 is 10.2 Å². The topological polar surface area (TPSA) is 45.2 Å². The molecule has 0 saturated heterocycles. The van der Waals surface area contributed by atoms with E-state index in [4.69, 9.17) is 0 Å². The molecule has 2 rings (SSSR count). The minimum atomic E-state index is -0.0872. The minimum Gasteiger partial charge on any atom is -0.370 e. The van der Waals surface area contributed by atoms with Crippen molar-refractivity contribution in [2.24, 2.45) is 0 Å². The summed E-state index contributed by atoms with van der Waals surface area (Å²) in [6, 6.07) is 14.0. The molecule has 4 heteroatoms. The SMILES string of the molecule is Cc1ccc(C(=O)NC[C@@H](C)N(C)c2ccccc2)cn1. The lowest BCUT2D eigenvalue weighted by Gasteiger charge is -2.27. The molecule has 0 aliphatic heterocycles. The number of anilines is 1. The Kier molecular flexibility index (Phi) is 4.93. The van der Waals surface area contributed by atoms with Crippen LogP contribution in [0.15, 0.2) is 48.7 Å². The molecule has 1 heterocycles. The standard InChI is InChI=1S/C17H21N3O/c1-13-9-10-15(12-18-13)17(21)19-11-14(2)20(3)16-7-5-4-6-8-16/h4-10,12,14H,11H2,1-3H3,(H,19,21)/t14-/m1/s1. The number of amides is 1. The van der Waals surface area contributed by atoms with Gasteiger partial charge in [0.15, 0.2) is 0 Å². The monoisotopic (exact) mass is 283 g/mol. The van der Waals surface area contributed by atoms with Crippen molar-refractivity contribution in [1.29, 1.82) is 0 Å². The number of rotatable bonds is 5. The summed E-state index contributed by atoms with van der Waals surface area (Å²) in [7, 11) is 2.03. The Morgan fingerprint density at radius 2 is 1.95 bits per heavy atom. The zero-order valence-corrected chi connectivity index (χ0v) is 12.7. The van der Waals surface area contributed by atoms with Crippen molar-refractivity contribution in [2.45, 2.75) is 19.9 Å². The average Bonchev–Trinajstić information content (AvgIpc) is 2.53. The maximum atomic E-state index is 12.0. The Balaban J connectivity index is 1.90. The normalized spacial score (nSPS) is 11.8. The van der Waals surface area contributed by atoms with Crippen LogP contribution in [0.4, 0.5) is 5.69 Å². The van der Waals surface area contributed by atoms with E-state index in [1.54, 1.807) is 12.3 Å². The fraction of sp³-hybridized carbons (Fsp3) is 0.294. The van der Waals surface area contributed by atoms with Gasteiger partial charge in [-0.25, -0.2) is 0 Å². The molecule has 4 nitrogen and oxygen atoms in total. The highest BCUT2D eigenvalue weighted by molar-refractivity contribution is 5.93. The third kappa shape index (κ3) is 4.05. The number of para-hydroxylation sites is 1. The van der Waals surface area contributed by atoms with Crippen molar-refractivity contribution in [2.75, 3.05) is 18.5 Å². The van der Waals surface area contributed by atoms with E-state index in [-0.39, 0.29) is 11.9 Å². The first-order chi connectivity index (χ1) is 10.1. The maximum Gasteiger partial charge on any atom is 0.252 e. The molecular weight excluding hydrogens is 262 g/mol. The van der Waals surface area contributed by atoms with Crippen LogP contribution in [-0.4, -0.2) is 30.5 Å². The van der Waals surface area contributed by atoms with Crippen LogP contribution in [0.3, 0.4) is 0 Å². The lowest BCUT2D eigenvalue weighted by molar-refractivity contribution is 0.0951. The van der Waals surface area contributed by atoms with Crippen molar-refractivity contribution in [1.82, 2.24) is 10.3 Å². The lowest BCUT2D eigenvalue weighted by Crippen LogP contribution is -2.40. The molecule has 21 heavy (non-hydrogen) atoms.